The van der Waals surface area contributed by atoms with Crippen LogP contribution in [0.5, 0.6) is 5.75 Å². The summed E-state index contributed by atoms with van der Waals surface area (Å²) in [5, 5.41) is 17.1. The number of nitrogens with one attached hydrogen (secondary N) is 7. The van der Waals surface area contributed by atoms with Crippen molar-refractivity contribution in [3.63, 3.8) is 0 Å². The van der Waals surface area contributed by atoms with Gasteiger partial charge in [0.2, 0.25) is 53.2 Å². The zero-order valence-electron chi connectivity index (χ0n) is 48.3. The first kappa shape index (κ1) is 63.2. The molecule has 22 nitrogen and oxygen atoms in total. The normalized spacial score (nSPS) is 23.7. The molecule has 0 radical (unpaired) electrons. The summed E-state index contributed by atoms with van der Waals surface area (Å²) in [5.74, 6) is -6.08. The average molecular weight is 1160 g/mol. The van der Waals surface area contributed by atoms with Crippen LogP contribution in [0.2, 0.25) is 0 Å². The SMILES string of the molecule is COc1ccc(C[C@@H]2NC(=O)[C@H](C)NC(=O)CN3CCCCCCCCCN(CC(=O)N[C@@H](Cc4c[nH]c5ccc(F)cc45)C3=O)C(=O)CNC(=O)CCCCCNC(=O)c3ccc(cc3)C[C@@H](C(N)=O)NC(=O)[C@]3(C)CCCN3C2=O)cc1. The first-order chi connectivity index (χ1) is 40.3. The van der Waals surface area contributed by atoms with Crippen molar-refractivity contribution >= 4 is 70.0 Å². The Morgan fingerprint density at radius 2 is 1.35 bits per heavy atom. The highest BCUT2D eigenvalue weighted by molar-refractivity contribution is 5.99. The molecule has 452 valence electrons. The van der Waals surface area contributed by atoms with Crippen molar-refractivity contribution in [2.45, 2.75) is 146 Å². The molecule has 0 saturated carbocycles. The van der Waals surface area contributed by atoms with Gasteiger partial charge in [-0.3, -0.25) is 47.9 Å². The number of hydrogen-bond acceptors (Lipinski definition) is 11. The average Bonchev–Trinajstić information content (AvgIpc) is 3.63. The topological polar surface area (TPSA) is 304 Å². The van der Waals surface area contributed by atoms with Crippen LogP contribution in [0.4, 0.5) is 4.39 Å². The summed E-state index contributed by atoms with van der Waals surface area (Å²) in [5.41, 5.74) is 7.00. The lowest BCUT2D eigenvalue weighted by molar-refractivity contribution is -0.147. The number of halogens is 1. The quantitative estimate of drug-likeness (QED) is 0.139. The molecule has 2 saturated heterocycles. The number of H-pyrrole nitrogens is 1. The number of aromatic nitrogens is 1. The van der Waals surface area contributed by atoms with E-state index in [4.69, 9.17) is 10.5 Å². The number of amides is 10. The van der Waals surface area contributed by atoms with Gasteiger partial charge in [0.15, 0.2) is 0 Å². The number of carbonyl (C=O) groups is 10. The third-order valence-corrected chi connectivity index (χ3v) is 16.0. The maximum atomic E-state index is 15.0. The van der Waals surface area contributed by atoms with Crippen LogP contribution in [-0.4, -0.2) is 161 Å². The second-order valence-electron chi connectivity index (χ2n) is 22.3. The minimum atomic E-state index is -1.50. The minimum absolute atomic E-state index is 0.0247. The predicted molar refractivity (Wildman–Crippen MR) is 310 cm³/mol. The van der Waals surface area contributed by atoms with E-state index in [0.717, 1.165) is 25.7 Å². The summed E-state index contributed by atoms with van der Waals surface area (Å²) in [6.07, 6.45) is 8.83. The molecule has 4 aliphatic heterocycles. The first-order valence-corrected chi connectivity index (χ1v) is 29.2. The number of nitrogens with zero attached hydrogens (tertiary/aromatic N) is 3. The molecule has 8 rings (SSSR count). The fourth-order valence-electron chi connectivity index (χ4n) is 11.0. The lowest BCUT2D eigenvalue weighted by atomic mass is 9.94. The van der Waals surface area contributed by atoms with Crippen LogP contribution in [0.1, 0.15) is 124 Å². The summed E-state index contributed by atoms with van der Waals surface area (Å²) in [6.45, 7) is 2.38. The Bertz CT molecular complexity index is 3010. The van der Waals surface area contributed by atoms with Gasteiger partial charge in [0.25, 0.3) is 5.91 Å². The molecular weight excluding hydrogens is 1080 g/mol. The molecule has 5 heterocycles. The van der Waals surface area contributed by atoms with Crippen molar-refractivity contribution in [3.05, 3.63) is 101 Å². The first-order valence-electron chi connectivity index (χ1n) is 29.2. The van der Waals surface area contributed by atoms with E-state index in [0.29, 0.717) is 90.4 Å². The zero-order chi connectivity index (χ0) is 60.3. The zero-order valence-corrected chi connectivity index (χ0v) is 48.3. The Labute approximate surface area is 488 Å². The number of fused-ring (bicyclic) bond motifs is 23. The van der Waals surface area contributed by atoms with E-state index >= 15 is 0 Å². The van der Waals surface area contributed by atoms with E-state index in [2.05, 4.69) is 36.9 Å². The molecule has 4 aliphatic rings. The van der Waals surface area contributed by atoms with Gasteiger partial charge in [0.1, 0.15) is 41.3 Å². The van der Waals surface area contributed by atoms with Crippen LogP contribution >= 0.6 is 0 Å². The highest BCUT2D eigenvalue weighted by atomic mass is 19.1. The Morgan fingerprint density at radius 3 is 2.05 bits per heavy atom. The van der Waals surface area contributed by atoms with Crippen LogP contribution < -0.4 is 42.4 Å². The molecule has 84 heavy (non-hydrogen) atoms. The highest BCUT2D eigenvalue weighted by Crippen LogP contribution is 2.31. The van der Waals surface area contributed by atoms with E-state index in [1.807, 2.05) is 0 Å². The number of hydrogen-bond donors (Lipinski definition) is 8. The smallest absolute Gasteiger partial charge is 0.251 e. The second kappa shape index (κ2) is 30.3. The Kier molecular flexibility index (Phi) is 22.8. The molecule has 0 spiro atoms. The van der Waals surface area contributed by atoms with E-state index in [9.17, 15) is 52.3 Å². The predicted octanol–water partition coefficient (Wildman–Crippen LogP) is 2.99. The monoisotopic (exact) mass is 1160 g/mol. The maximum absolute atomic E-state index is 15.0. The molecule has 4 aromatic rings. The maximum Gasteiger partial charge on any atom is 0.251 e. The van der Waals surface area contributed by atoms with Crippen LogP contribution in [0.25, 0.3) is 10.9 Å². The molecule has 23 heteroatoms. The van der Waals surface area contributed by atoms with Crippen molar-refractivity contribution < 1.29 is 57.1 Å². The molecule has 3 aromatic carbocycles. The van der Waals surface area contributed by atoms with Gasteiger partial charge in [-0.15, -0.1) is 0 Å². The Morgan fingerprint density at radius 1 is 0.690 bits per heavy atom. The van der Waals surface area contributed by atoms with Crippen molar-refractivity contribution in [3.8, 4) is 5.75 Å². The van der Waals surface area contributed by atoms with E-state index in [1.54, 1.807) is 67.7 Å². The Balaban J connectivity index is 1.17. The summed E-state index contributed by atoms with van der Waals surface area (Å²) < 4.78 is 20.0. The molecule has 4 bridgehead atoms. The number of rotatable bonds is 6. The third kappa shape index (κ3) is 17.6. The van der Waals surface area contributed by atoms with Crippen LogP contribution in [0, 0.1) is 5.82 Å². The molecule has 9 N–H and O–H groups in total. The number of ether oxygens (including phenoxy) is 1. The van der Waals surface area contributed by atoms with Gasteiger partial charge < -0.3 is 62.1 Å². The molecule has 2 fully saturated rings. The lowest BCUT2D eigenvalue weighted by Crippen LogP contribution is -2.63. The molecule has 1 aromatic heterocycles. The van der Waals surface area contributed by atoms with Crippen LogP contribution in [-0.2, 0) is 62.4 Å². The van der Waals surface area contributed by atoms with Crippen molar-refractivity contribution in [1.82, 2.24) is 51.6 Å². The van der Waals surface area contributed by atoms with Gasteiger partial charge in [-0.2, -0.15) is 0 Å². The number of carbonyl (C=O) groups excluding carboxylic acids is 10. The van der Waals surface area contributed by atoms with Crippen molar-refractivity contribution in [1.29, 1.82) is 0 Å². The molecule has 0 aliphatic carbocycles. The van der Waals surface area contributed by atoms with Gasteiger partial charge in [-0.1, -0.05) is 62.8 Å². The number of aromatic amines is 1. The van der Waals surface area contributed by atoms with Crippen molar-refractivity contribution in [2.75, 3.05) is 52.9 Å². The molecular formula is C61H80FN11O11. The summed E-state index contributed by atoms with van der Waals surface area (Å²) in [4.78, 5) is 147. The number of benzene rings is 3. The van der Waals surface area contributed by atoms with Crippen LogP contribution in [0.3, 0.4) is 0 Å². The molecule has 5 atom stereocenters. The fourth-order valence-corrected chi connectivity index (χ4v) is 11.0. The summed E-state index contributed by atoms with van der Waals surface area (Å²) in [7, 11) is 1.51. The van der Waals surface area contributed by atoms with Gasteiger partial charge in [0.05, 0.1) is 26.7 Å². The van der Waals surface area contributed by atoms with E-state index in [-0.39, 0.29) is 70.1 Å². The molecule has 10 amide bonds. The van der Waals surface area contributed by atoms with Gasteiger partial charge in [-0.25, -0.2) is 4.39 Å². The van der Waals surface area contributed by atoms with E-state index < -0.39 is 95.9 Å². The number of primary amides is 1. The van der Waals surface area contributed by atoms with Crippen LogP contribution in [0.15, 0.2) is 72.9 Å². The van der Waals surface area contributed by atoms with Gasteiger partial charge >= 0.3 is 0 Å². The summed E-state index contributed by atoms with van der Waals surface area (Å²) in [6, 6.07) is 12.4. The second-order valence-corrected chi connectivity index (χ2v) is 22.3. The Hall–Kier alpha value is -8.37. The summed E-state index contributed by atoms with van der Waals surface area (Å²) >= 11 is 0. The fraction of sp³-hybridized carbons (Fsp3) is 0.508. The largest absolute Gasteiger partial charge is 0.497 e. The number of nitrogens with two attached hydrogens (primary N) is 1. The third-order valence-electron chi connectivity index (χ3n) is 16.0. The van der Waals surface area contributed by atoms with Crippen molar-refractivity contribution in [2.24, 2.45) is 5.73 Å². The standard InChI is InChI=1S/C61H80FN11O11/c1-39-56(79)69-49(32-41-18-23-45(84-3)24-19-41)59(82)73-30-14-26-61(73,2)60(83)70-48(55(63)78)31-40-16-20-42(21-17-40)57(80)64-27-11-9-10-15-51(74)66-36-54(77)71-28-12-7-5-4-6-8-13-29-72(38-52(75)67-39)58(81)50(68-53(76)37-71)33-43-35-65-47-25-22-44(62)34-46(43)47/h16-25,34-35,39,48-50,65H,4-15,26-33,36-38H2,1-3H3,(H2,63,78)(H,64,80)(H,66,74)(H,67,75)(H,68,76)(H,69,79)(H,70,83)/t39-,48-,49-,50-,61-/m0/s1. The minimum Gasteiger partial charge on any atom is -0.497 e. The number of methoxy groups -OCH3 is 1. The van der Waals surface area contributed by atoms with E-state index in [1.165, 1.54) is 40.9 Å². The van der Waals surface area contributed by atoms with Gasteiger partial charge in [0, 0.05) is 74.5 Å². The molecule has 0 unspecified atom stereocenters. The van der Waals surface area contributed by atoms with Gasteiger partial charge in [-0.05, 0) is 112 Å². The lowest BCUT2D eigenvalue weighted by Gasteiger charge is -2.37. The highest BCUT2D eigenvalue weighted by Gasteiger charge is 2.48.